The zero-order valence-corrected chi connectivity index (χ0v) is 14.7. The third-order valence-corrected chi connectivity index (χ3v) is 4.07. The Morgan fingerprint density at radius 2 is 1.84 bits per heavy atom. The van der Waals surface area contributed by atoms with Gasteiger partial charge in [-0.3, -0.25) is 9.78 Å². The number of carbonyl (C=O) groups is 1. The number of hydrogen-bond acceptors (Lipinski definition) is 3. The number of nitrogens with zero attached hydrogens (tertiary/aromatic N) is 2. The van der Waals surface area contributed by atoms with Crippen LogP contribution in [-0.4, -0.2) is 17.1 Å². The summed E-state index contributed by atoms with van der Waals surface area (Å²) >= 11 is 0. The molecule has 4 heteroatoms. The lowest BCUT2D eigenvalue weighted by atomic mass is 10.0. The van der Waals surface area contributed by atoms with Gasteiger partial charge < -0.3 is 0 Å². The Morgan fingerprint density at radius 1 is 1.12 bits per heavy atom. The first kappa shape index (κ1) is 16.8. The molecule has 1 heterocycles. The Hall–Kier alpha value is -3.01. The third kappa shape index (κ3) is 3.91. The summed E-state index contributed by atoms with van der Waals surface area (Å²) in [6.45, 7) is 6.19. The Morgan fingerprint density at radius 3 is 2.56 bits per heavy atom. The van der Waals surface area contributed by atoms with Crippen molar-refractivity contribution >= 4 is 23.0 Å². The minimum atomic E-state index is -0.239. The lowest BCUT2D eigenvalue weighted by molar-refractivity contribution is 0.0956. The highest BCUT2D eigenvalue weighted by Crippen LogP contribution is 2.18. The molecule has 0 aliphatic carbocycles. The van der Waals surface area contributed by atoms with Crippen LogP contribution in [0.4, 0.5) is 0 Å². The van der Waals surface area contributed by atoms with Crippen molar-refractivity contribution in [2.24, 2.45) is 5.10 Å². The number of rotatable bonds is 4. The van der Waals surface area contributed by atoms with Crippen molar-refractivity contribution in [3.8, 4) is 0 Å². The lowest BCUT2D eigenvalue weighted by Crippen LogP contribution is -2.18. The molecule has 3 aromatic rings. The molecule has 0 unspecified atom stereocenters. The molecule has 126 valence electrons. The quantitative estimate of drug-likeness (QED) is 0.568. The van der Waals surface area contributed by atoms with Crippen LogP contribution in [0, 0.1) is 6.92 Å². The van der Waals surface area contributed by atoms with Gasteiger partial charge in [0.2, 0.25) is 0 Å². The topological polar surface area (TPSA) is 54.4 Å². The monoisotopic (exact) mass is 331 g/mol. The molecule has 4 nitrogen and oxygen atoms in total. The number of benzene rings is 2. The van der Waals surface area contributed by atoms with E-state index in [9.17, 15) is 4.79 Å². The van der Waals surface area contributed by atoms with E-state index >= 15 is 0 Å². The van der Waals surface area contributed by atoms with Crippen molar-refractivity contribution in [2.45, 2.75) is 26.7 Å². The van der Waals surface area contributed by atoms with Crippen molar-refractivity contribution < 1.29 is 4.79 Å². The van der Waals surface area contributed by atoms with Crippen molar-refractivity contribution in [1.82, 2.24) is 10.4 Å². The number of fused-ring (bicyclic) bond motifs is 1. The molecule has 1 N–H and O–H groups in total. The van der Waals surface area contributed by atoms with Gasteiger partial charge in [0.1, 0.15) is 0 Å². The molecule has 0 saturated carbocycles. The summed E-state index contributed by atoms with van der Waals surface area (Å²) in [4.78, 5) is 16.9. The molecule has 0 bridgehead atoms. The van der Waals surface area contributed by atoms with Gasteiger partial charge in [-0.1, -0.05) is 56.3 Å². The van der Waals surface area contributed by atoms with Crippen LogP contribution in [-0.2, 0) is 0 Å². The van der Waals surface area contributed by atoms with E-state index in [4.69, 9.17) is 0 Å². The Labute approximate surface area is 147 Å². The van der Waals surface area contributed by atoms with Gasteiger partial charge in [-0.15, -0.1) is 0 Å². The largest absolute Gasteiger partial charge is 0.272 e. The smallest absolute Gasteiger partial charge is 0.267 e. The van der Waals surface area contributed by atoms with Gasteiger partial charge in [0.15, 0.2) is 0 Å². The molecule has 0 atom stereocenters. The SMILES string of the molecule is Cc1cc(C(=O)N/N=C\c2ccc(C(C)C)cc2)c2ccccc2n1. The highest BCUT2D eigenvalue weighted by molar-refractivity contribution is 6.06. The first-order valence-corrected chi connectivity index (χ1v) is 8.34. The van der Waals surface area contributed by atoms with Crippen molar-refractivity contribution in [2.75, 3.05) is 0 Å². The molecule has 0 fully saturated rings. The summed E-state index contributed by atoms with van der Waals surface area (Å²) < 4.78 is 0. The Kier molecular flexibility index (Phi) is 4.89. The predicted molar refractivity (Wildman–Crippen MR) is 102 cm³/mol. The molecule has 0 radical (unpaired) electrons. The summed E-state index contributed by atoms with van der Waals surface area (Å²) in [5, 5.41) is 4.91. The van der Waals surface area contributed by atoms with Gasteiger partial charge in [0, 0.05) is 11.1 Å². The summed E-state index contributed by atoms with van der Waals surface area (Å²) in [5.41, 5.74) is 7.02. The normalized spacial score (nSPS) is 11.4. The highest BCUT2D eigenvalue weighted by atomic mass is 16.2. The van der Waals surface area contributed by atoms with Crippen LogP contribution in [0.5, 0.6) is 0 Å². The van der Waals surface area contributed by atoms with E-state index in [2.05, 4.69) is 41.5 Å². The number of hydrogen-bond donors (Lipinski definition) is 1. The molecule has 1 amide bonds. The van der Waals surface area contributed by atoms with Crippen molar-refractivity contribution in [1.29, 1.82) is 0 Å². The average Bonchev–Trinajstić information content (AvgIpc) is 2.61. The highest BCUT2D eigenvalue weighted by Gasteiger charge is 2.10. The first-order valence-electron chi connectivity index (χ1n) is 8.34. The van der Waals surface area contributed by atoms with Crippen LogP contribution in [0.3, 0.4) is 0 Å². The van der Waals surface area contributed by atoms with Gasteiger partial charge in [-0.2, -0.15) is 5.10 Å². The van der Waals surface area contributed by atoms with E-state index in [1.807, 2.05) is 43.3 Å². The van der Waals surface area contributed by atoms with Gasteiger partial charge in [-0.05, 0) is 36.1 Å². The van der Waals surface area contributed by atoms with Crippen LogP contribution in [0.15, 0.2) is 59.7 Å². The number of aryl methyl sites for hydroxylation is 1. The molecule has 3 rings (SSSR count). The molecular formula is C21H21N3O. The number of para-hydroxylation sites is 1. The van der Waals surface area contributed by atoms with Crippen molar-refractivity contribution in [3.05, 3.63) is 77.0 Å². The van der Waals surface area contributed by atoms with Crippen LogP contribution >= 0.6 is 0 Å². The fourth-order valence-corrected chi connectivity index (χ4v) is 2.69. The standard InChI is InChI=1S/C21H21N3O/c1-14(2)17-10-8-16(9-11-17)13-22-24-21(25)19-12-15(3)23-20-7-5-4-6-18(19)20/h4-14H,1-3H3,(H,24,25)/b22-13-. The van der Waals surface area contributed by atoms with E-state index < -0.39 is 0 Å². The predicted octanol–water partition coefficient (Wildman–Crippen LogP) is 4.43. The van der Waals surface area contributed by atoms with E-state index in [-0.39, 0.29) is 5.91 Å². The van der Waals surface area contributed by atoms with E-state index in [0.717, 1.165) is 22.2 Å². The summed E-state index contributed by atoms with van der Waals surface area (Å²) in [5.74, 6) is 0.255. The number of carbonyl (C=O) groups excluding carboxylic acids is 1. The second-order valence-corrected chi connectivity index (χ2v) is 6.35. The minimum Gasteiger partial charge on any atom is -0.267 e. The van der Waals surface area contributed by atoms with Crippen LogP contribution < -0.4 is 5.43 Å². The minimum absolute atomic E-state index is 0.239. The molecule has 25 heavy (non-hydrogen) atoms. The van der Waals surface area contributed by atoms with Gasteiger partial charge in [0.25, 0.3) is 5.91 Å². The number of pyridine rings is 1. The maximum atomic E-state index is 12.5. The number of amides is 1. The summed E-state index contributed by atoms with van der Waals surface area (Å²) in [7, 11) is 0. The number of hydrazone groups is 1. The molecule has 0 aliphatic rings. The zero-order valence-electron chi connectivity index (χ0n) is 14.7. The van der Waals surface area contributed by atoms with Gasteiger partial charge >= 0.3 is 0 Å². The molecule has 0 spiro atoms. The molecule has 2 aromatic carbocycles. The number of nitrogens with one attached hydrogen (secondary N) is 1. The summed E-state index contributed by atoms with van der Waals surface area (Å²) in [6.07, 6.45) is 1.65. The maximum Gasteiger partial charge on any atom is 0.272 e. The van der Waals surface area contributed by atoms with Crippen LogP contribution in [0.25, 0.3) is 10.9 Å². The third-order valence-electron chi connectivity index (χ3n) is 4.07. The number of aromatic nitrogens is 1. The summed E-state index contributed by atoms with van der Waals surface area (Å²) in [6, 6.07) is 17.5. The average molecular weight is 331 g/mol. The second kappa shape index (κ2) is 7.26. The fraction of sp³-hybridized carbons (Fsp3) is 0.190. The van der Waals surface area contributed by atoms with Gasteiger partial charge in [0.05, 0.1) is 17.3 Å². The maximum absolute atomic E-state index is 12.5. The lowest BCUT2D eigenvalue weighted by Gasteiger charge is -2.06. The van der Waals surface area contributed by atoms with E-state index in [1.54, 1.807) is 12.3 Å². The second-order valence-electron chi connectivity index (χ2n) is 6.35. The fourth-order valence-electron chi connectivity index (χ4n) is 2.69. The van der Waals surface area contributed by atoms with Crippen LogP contribution in [0.2, 0.25) is 0 Å². The first-order chi connectivity index (χ1) is 12.0. The van der Waals surface area contributed by atoms with Gasteiger partial charge in [-0.25, -0.2) is 5.43 Å². The Bertz CT molecular complexity index is 928. The Balaban J connectivity index is 1.76. The van der Waals surface area contributed by atoms with E-state index in [1.165, 1.54) is 5.56 Å². The molecule has 1 aromatic heterocycles. The van der Waals surface area contributed by atoms with Crippen LogP contribution in [0.1, 0.15) is 46.9 Å². The molecular weight excluding hydrogens is 310 g/mol. The van der Waals surface area contributed by atoms with Crippen molar-refractivity contribution in [3.63, 3.8) is 0 Å². The van der Waals surface area contributed by atoms with E-state index in [0.29, 0.717) is 11.5 Å². The molecule has 0 aliphatic heterocycles. The molecule has 0 saturated heterocycles. The zero-order chi connectivity index (χ0) is 17.8.